The lowest BCUT2D eigenvalue weighted by atomic mass is 10.1. The Balaban J connectivity index is 1.93. The van der Waals surface area contributed by atoms with Gasteiger partial charge < -0.3 is 14.8 Å². The molecule has 2 aromatic rings. The number of methoxy groups -OCH3 is 1. The summed E-state index contributed by atoms with van der Waals surface area (Å²) < 4.78 is 23.5. The fourth-order valence-corrected chi connectivity index (χ4v) is 2.03. The number of aryl methyl sites for hydroxylation is 2. The summed E-state index contributed by atoms with van der Waals surface area (Å²) in [6.07, 6.45) is 0. The van der Waals surface area contributed by atoms with Crippen molar-refractivity contribution in [3.05, 3.63) is 58.9 Å². The van der Waals surface area contributed by atoms with Crippen LogP contribution in [0.15, 0.2) is 36.4 Å². The van der Waals surface area contributed by atoms with Crippen molar-refractivity contribution in [1.82, 2.24) is 0 Å². The number of nitrogens with one attached hydrogen (secondary N) is 1. The first-order chi connectivity index (χ1) is 11.4. The average molecular weight is 331 g/mol. The molecule has 24 heavy (non-hydrogen) atoms. The molecule has 0 radical (unpaired) electrons. The van der Waals surface area contributed by atoms with Crippen LogP contribution in [-0.4, -0.2) is 25.6 Å². The lowest BCUT2D eigenvalue weighted by Crippen LogP contribution is -2.21. The Morgan fingerprint density at radius 1 is 1.08 bits per heavy atom. The molecule has 1 amide bonds. The number of hydrogen-bond donors (Lipinski definition) is 1. The number of anilines is 1. The van der Waals surface area contributed by atoms with Gasteiger partial charge in [-0.2, -0.15) is 0 Å². The summed E-state index contributed by atoms with van der Waals surface area (Å²) in [6.45, 7) is 3.01. The van der Waals surface area contributed by atoms with Gasteiger partial charge >= 0.3 is 5.97 Å². The zero-order chi connectivity index (χ0) is 17.7. The smallest absolute Gasteiger partial charge is 0.338 e. The zero-order valence-electron chi connectivity index (χ0n) is 13.7. The van der Waals surface area contributed by atoms with E-state index in [1.54, 1.807) is 37.3 Å². The van der Waals surface area contributed by atoms with Crippen LogP contribution in [0.25, 0.3) is 0 Å². The predicted octanol–water partition coefficient (Wildman–Crippen LogP) is 3.25. The van der Waals surface area contributed by atoms with Crippen molar-refractivity contribution in [2.45, 2.75) is 13.8 Å². The molecule has 0 atom stereocenters. The summed E-state index contributed by atoms with van der Waals surface area (Å²) in [5, 5.41) is 2.47. The summed E-state index contributed by atoms with van der Waals surface area (Å²) in [5.74, 6) is -1.05. The molecule has 0 aromatic heterocycles. The third kappa shape index (κ3) is 4.32. The van der Waals surface area contributed by atoms with Crippen LogP contribution in [0, 0.1) is 19.7 Å². The van der Waals surface area contributed by atoms with Crippen molar-refractivity contribution >= 4 is 17.6 Å². The van der Waals surface area contributed by atoms with Gasteiger partial charge in [0.2, 0.25) is 0 Å². The van der Waals surface area contributed by atoms with Gasteiger partial charge in [0.05, 0.1) is 12.7 Å². The van der Waals surface area contributed by atoms with Crippen molar-refractivity contribution < 1.29 is 23.5 Å². The van der Waals surface area contributed by atoms with E-state index in [2.05, 4.69) is 5.32 Å². The molecule has 1 N–H and O–H groups in total. The molecule has 2 rings (SSSR count). The van der Waals surface area contributed by atoms with Crippen molar-refractivity contribution in [1.29, 1.82) is 0 Å². The maximum atomic E-state index is 13.4. The van der Waals surface area contributed by atoms with E-state index in [0.717, 1.165) is 5.56 Å². The maximum Gasteiger partial charge on any atom is 0.338 e. The number of carbonyl (C=O) groups excluding carboxylic acids is 2. The van der Waals surface area contributed by atoms with Crippen molar-refractivity contribution in [2.75, 3.05) is 19.0 Å². The number of ether oxygens (including phenoxy) is 2. The Kier molecular flexibility index (Phi) is 5.52. The molecule has 0 heterocycles. The molecule has 2 aromatic carbocycles. The van der Waals surface area contributed by atoms with Crippen LogP contribution in [0.4, 0.5) is 10.1 Å². The van der Waals surface area contributed by atoms with Crippen LogP contribution in [0.3, 0.4) is 0 Å². The molecule has 0 spiro atoms. The van der Waals surface area contributed by atoms with Crippen LogP contribution in [0.2, 0.25) is 0 Å². The minimum absolute atomic E-state index is 0.284. The minimum Gasteiger partial charge on any atom is -0.496 e. The van der Waals surface area contributed by atoms with E-state index in [0.29, 0.717) is 17.0 Å². The molecule has 0 aliphatic carbocycles. The maximum absolute atomic E-state index is 13.4. The van der Waals surface area contributed by atoms with Gasteiger partial charge in [0.15, 0.2) is 6.61 Å². The second kappa shape index (κ2) is 7.59. The van der Waals surface area contributed by atoms with E-state index >= 15 is 0 Å². The van der Waals surface area contributed by atoms with E-state index in [-0.39, 0.29) is 5.56 Å². The monoisotopic (exact) mass is 331 g/mol. The molecule has 0 fully saturated rings. The second-order valence-corrected chi connectivity index (χ2v) is 5.27. The van der Waals surface area contributed by atoms with Crippen LogP contribution >= 0.6 is 0 Å². The summed E-state index contributed by atoms with van der Waals surface area (Å²) >= 11 is 0. The number of carbonyl (C=O) groups is 2. The fraction of sp³-hybridized carbons (Fsp3) is 0.222. The first kappa shape index (κ1) is 17.5. The number of hydrogen-bond acceptors (Lipinski definition) is 4. The standard InChI is InChI=1S/C18H18FNO4/c1-11-5-7-14(9-15(11)19)20-17(21)10-24-18(22)13-6-4-12(2)16(8-13)23-3/h4-9H,10H2,1-3H3,(H,20,21). The Morgan fingerprint density at radius 3 is 2.46 bits per heavy atom. The first-order valence-corrected chi connectivity index (χ1v) is 7.28. The van der Waals surface area contributed by atoms with Gasteiger partial charge in [-0.3, -0.25) is 4.79 Å². The molecule has 126 valence electrons. The molecular weight excluding hydrogens is 313 g/mol. The highest BCUT2D eigenvalue weighted by atomic mass is 19.1. The van der Waals surface area contributed by atoms with Gasteiger partial charge in [-0.05, 0) is 49.2 Å². The highest BCUT2D eigenvalue weighted by molar-refractivity contribution is 5.95. The molecule has 0 aliphatic heterocycles. The Morgan fingerprint density at radius 2 is 1.79 bits per heavy atom. The van der Waals surface area contributed by atoms with E-state index in [4.69, 9.17) is 9.47 Å². The molecule has 0 bridgehead atoms. The highest BCUT2D eigenvalue weighted by Gasteiger charge is 2.12. The molecular formula is C18H18FNO4. The molecule has 0 saturated heterocycles. The number of rotatable bonds is 5. The van der Waals surface area contributed by atoms with Gasteiger partial charge in [0.1, 0.15) is 11.6 Å². The number of esters is 1. The molecule has 0 saturated carbocycles. The van der Waals surface area contributed by atoms with E-state index in [1.165, 1.54) is 13.2 Å². The topological polar surface area (TPSA) is 64.6 Å². The van der Waals surface area contributed by atoms with E-state index < -0.39 is 24.3 Å². The van der Waals surface area contributed by atoms with Crippen molar-refractivity contribution in [3.63, 3.8) is 0 Å². The largest absolute Gasteiger partial charge is 0.496 e. The first-order valence-electron chi connectivity index (χ1n) is 7.28. The summed E-state index contributed by atoms with van der Waals surface area (Å²) in [6, 6.07) is 9.20. The summed E-state index contributed by atoms with van der Waals surface area (Å²) in [5.41, 5.74) is 1.95. The number of benzene rings is 2. The Bertz CT molecular complexity index is 774. The second-order valence-electron chi connectivity index (χ2n) is 5.27. The molecule has 0 aliphatic rings. The van der Waals surface area contributed by atoms with Gasteiger partial charge in [0, 0.05) is 5.69 Å². The van der Waals surface area contributed by atoms with E-state index in [1.807, 2.05) is 6.92 Å². The fourth-order valence-electron chi connectivity index (χ4n) is 2.03. The van der Waals surface area contributed by atoms with Crippen molar-refractivity contribution in [3.8, 4) is 5.75 Å². The zero-order valence-corrected chi connectivity index (χ0v) is 13.7. The Hall–Kier alpha value is -2.89. The van der Waals surface area contributed by atoms with Crippen LogP contribution in [0.5, 0.6) is 5.75 Å². The molecule has 0 unspecified atom stereocenters. The van der Waals surface area contributed by atoms with Crippen molar-refractivity contribution in [2.24, 2.45) is 0 Å². The number of halogens is 1. The third-order valence-electron chi connectivity index (χ3n) is 3.43. The third-order valence-corrected chi connectivity index (χ3v) is 3.43. The van der Waals surface area contributed by atoms with Gasteiger partial charge in [-0.25, -0.2) is 9.18 Å². The quantitative estimate of drug-likeness (QED) is 0.854. The Labute approximate surface area is 139 Å². The lowest BCUT2D eigenvalue weighted by Gasteiger charge is -2.09. The minimum atomic E-state index is -0.640. The van der Waals surface area contributed by atoms with Crippen LogP contribution < -0.4 is 10.1 Å². The molecule has 5 nitrogen and oxygen atoms in total. The van der Waals surface area contributed by atoms with Crippen LogP contribution in [-0.2, 0) is 9.53 Å². The highest BCUT2D eigenvalue weighted by Crippen LogP contribution is 2.19. The van der Waals surface area contributed by atoms with E-state index in [9.17, 15) is 14.0 Å². The van der Waals surface area contributed by atoms with Gasteiger partial charge in [-0.1, -0.05) is 12.1 Å². The summed E-state index contributed by atoms with van der Waals surface area (Å²) in [4.78, 5) is 23.7. The van der Waals surface area contributed by atoms with Gasteiger partial charge in [0.25, 0.3) is 5.91 Å². The average Bonchev–Trinajstić information content (AvgIpc) is 2.56. The van der Waals surface area contributed by atoms with Gasteiger partial charge in [-0.15, -0.1) is 0 Å². The lowest BCUT2D eigenvalue weighted by molar-refractivity contribution is -0.119. The molecule has 6 heteroatoms. The van der Waals surface area contributed by atoms with Crippen LogP contribution in [0.1, 0.15) is 21.5 Å². The summed E-state index contributed by atoms with van der Waals surface area (Å²) in [7, 11) is 1.51. The number of amides is 1. The normalized spacial score (nSPS) is 10.2. The predicted molar refractivity (Wildman–Crippen MR) is 87.8 cm³/mol. The SMILES string of the molecule is COc1cc(C(=O)OCC(=O)Nc2ccc(C)c(F)c2)ccc1C.